The highest BCUT2D eigenvalue weighted by Gasteiger charge is 2.30. The monoisotopic (exact) mass is 490 g/mol. The van der Waals surface area contributed by atoms with E-state index < -0.39 is 0 Å². The first kappa shape index (κ1) is 23.8. The second-order valence-corrected chi connectivity index (χ2v) is 10.4. The number of ether oxygens (including phenoxy) is 1. The molecular weight excluding hydrogens is 456 g/mol. The number of amides is 1. The summed E-state index contributed by atoms with van der Waals surface area (Å²) in [6, 6.07) is 16.2. The minimum atomic E-state index is -0.0364. The standard InChI is InChI=1S/C28H34N4O2S/c1-34-25-11-4-2-7-21(25)13-14-27(33)29-19-22-8-6-9-23(22)20-31-15-17-32(18-16-31)28-24-10-3-5-12-26(24)35-30-28/h2-5,7,10-14,22-23H,6,8-9,15-20H2,1H3,(H,29,33)/t22-,23-/m1/s1. The number of nitrogens with one attached hydrogen (secondary N) is 1. The molecule has 184 valence electrons. The first-order valence-corrected chi connectivity index (χ1v) is 13.4. The predicted octanol–water partition coefficient (Wildman–Crippen LogP) is 4.67. The second-order valence-electron chi connectivity index (χ2n) is 9.56. The number of methoxy groups -OCH3 is 1. The summed E-state index contributed by atoms with van der Waals surface area (Å²) in [5, 5.41) is 4.42. The van der Waals surface area contributed by atoms with Crippen molar-refractivity contribution in [2.75, 3.05) is 51.3 Å². The molecule has 1 saturated carbocycles. The topological polar surface area (TPSA) is 57.7 Å². The SMILES string of the molecule is COc1ccccc1C=CC(=O)NC[C@H]1CCC[C@@H]1CN1CCN(c2nsc3ccccc23)CC1. The minimum Gasteiger partial charge on any atom is -0.496 e. The smallest absolute Gasteiger partial charge is 0.244 e. The number of benzene rings is 2. The van der Waals surface area contributed by atoms with Crippen molar-refractivity contribution in [1.82, 2.24) is 14.6 Å². The van der Waals surface area contributed by atoms with E-state index in [9.17, 15) is 4.79 Å². The molecule has 35 heavy (non-hydrogen) atoms. The third kappa shape index (κ3) is 5.68. The molecule has 6 nitrogen and oxygen atoms in total. The van der Waals surface area contributed by atoms with Gasteiger partial charge in [0.05, 0.1) is 11.8 Å². The molecular formula is C28H34N4O2S. The summed E-state index contributed by atoms with van der Waals surface area (Å²) >= 11 is 1.60. The van der Waals surface area contributed by atoms with E-state index in [1.165, 1.54) is 29.3 Å². The number of aromatic nitrogens is 1. The van der Waals surface area contributed by atoms with Crippen molar-refractivity contribution in [3.8, 4) is 5.75 Å². The van der Waals surface area contributed by atoms with E-state index in [0.29, 0.717) is 11.8 Å². The van der Waals surface area contributed by atoms with Crippen LogP contribution in [0.25, 0.3) is 16.2 Å². The molecule has 1 aliphatic carbocycles. The van der Waals surface area contributed by atoms with Crippen LogP contribution >= 0.6 is 11.5 Å². The zero-order chi connectivity index (χ0) is 24.0. The molecule has 0 spiro atoms. The van der Waals surface area contributed by atoms with Crippen LogP contribution in [-0.2, 0) is 4.79 Å². The lowest BCUT2D eigenvalue weighted by molar-refractivity contribution is -0.116. The molecule has 2 atom stereocenters. The maximum atomic E-state index is 12.5. The number of anilines is 1. The summed E-state index contributed by atoms with van der Waals surface area (Å²) in [4.78, 5) is 17.5. The summed E-state index contributed by atoms with van der Waals surface area (Å²) in [6.45, 7) is 6.07. The minimum absolute atomic E-state index is 0.0364. The first-order chi connectivity index (χ1) is 17.2. The van der Waals surface area contributed by atoms with Gasteiger partial charge in [-0.1, -0.05) is 36.8 Å². The Morgan fingerprint density at radius 3 is 2.71 bits per heavy atom. The molecule has 7 heteroatoms. The number of hydrogen-bond donors (Lipinski definition) is 1. The van der Waals surface area contributed by atoms with E-state index in [1.807, 2.05) is 30.3 Å². The molecule has 0 bridgehead atoms. The Morgan fingerprint density at radius 1 is 1.09 bits per heavy atom. The van der Waals surface area contributed by atoms with Gasteiger partial charge < -0.3 is 15.0 Å². The van der Waals surface area contributed by atoms with Crippen LogP contribution in [0.5, 0.6) is 5.75 Å². The Hall–Kier alpha value is -2.90. The number of para-hydroxylation sites is 1. The molecule has 3 aromatic rings. The van der Waals surface area contributed by atoms with Crippen molar-refractivity contribution in [1.29, 1.82) is 0 Å². The van der Waals surface area contributed by atoms with E-state index in [2.05, 4.69) is 39.4 Å². The van der Waals surface area contributed by atoms with Gasteiger partial charge in [0, 0.05) is 56.3 Å². The zero-order valence-electron chi connectivity index (χ0n) is 20.4. The highest BCUT2D eigenvalue weighted by Crippen LogP contribution is 2.33. The van der Waals surface area contributed by atoms with Crippen molar-refractivity contribution >= 4 is 39.4 Å². The van der Waals surface area contributed by atoms with Crippen LogP contribution in [0.15, 0.2) is 54.6 Å². The highest BCUT2D eigenvalue weighted by atomic mass is 32.1. The lowest BCUT2D eigenvalue weighted by Crippen LogP contribution is -2.48. The third-order valence-electron chi connectivity index (χ3n) is 7.43. The van der Waals surface area contributed by atoms with Crippen LogP contribution < -0.4 is 15.0 Å². The predicted molar refractivity (Wildman–Crippen MR) is 144 cm³/mol. The van der Waals surface area contributed by atoms with Crippen molar-refractivity contribution in [2.45, 2.75) is 19.3 Å². The summed E-state index contributed by atoms with van der Waals surface area (Å²) in [6.07, 6.45) is 7.15. The Kier molecular flexibility index (Phi) is 7.64. The van der Waals surface area contributed by atoms with Crippen LogP contribution in [0, 0.1) is 11.8 Å². The van der Waals surface area contributed by atoms with Crippen LogP contribution in [0.3, 0.4) is 0 Å². The second kappa shape index (κ2) is 11.2. The number of nitrogens with zero attached hydrogens (tertiary/aromatic N) is 3. The van der Waals surface area contributed by atoms with Crippen molar-refractivity contribution < 1.29 is 9.53 Å². The molecule has 5 rings (SSSR count). The van der Waals surface area contributed by atoms with Gasteiger partial charge in [0.25, 0.3) is 0 Å². The number of hydrogen-bond acceptors (Lipinski definition) is 6. The fourth-order valence-electron chi connectivity index (χ4n) is 5.46. The Balaban J connectivity index is 1.09. The van der Waals surface area contributed by atoms with Gasteiger partial charge in [-0.2, -0.15) is 4.37 Å². The van der Waals surface area contributed by atoms with Crippen molar-refractivity contribution in [2.24, 2.45) is 11.8 Å². The van der Waals surface area contributed by atoms with Gasteiger partial charge in [-0.15, -0.1) is 0 Å². The lowest BCUT2D eigenvalue weighted by Gasteiger charge is -2.37. The zero-order valence-corrected chi connectivity index (χ0v) is 21.2. The molecule has 1 N–H and O–H groups in total. The fraction of sp³-hybridized carbons (Fsp3) is 0.429. The number of piperazine rings is 1. The number of rotatable bonds is 8. The quantitative estimate of drug-likeness (QED) is 0.465. The maximum absolute atomic E-state index is 12.5. The van der Waals surface area contributed by atoms with Gasteiger partial charge in [-0.05, 0) is 60.5 Å². The van der Waals surface area contributed by atoms with Crippen LogP contribution in [0.1, 0.15) is 24.8 Å². The molecule has 1 aliphatic heterocycles. The van der Waals surface area contributed by atoms with Crippen molar-refractivity contribution in [3.05, 3.63) is 60.2 Å². The molecule has 2 fully saturated rings. The average molecular weight is 491 g/mol. The summed E-state index contributed by atoms with van der Waals surface area (Å²) < 4.78 is 11.4. The van der Waals surface area contributed by atoms with Gasteiger partial charge in [0.15, 0.2) is 0 Å². The third-order valence-corrected chi connectivity index (χ3v) is 8.25. The summed E-state index contributed by atoms with van der Waals surface area (Å²) in [5.74, 6) is 3.09. The van der Waals surface area contributed by atoms with Crippen LogP contribution in [-0.4, -0.2) is 61.6 Å². The van der Waals surface area contributed by atoms with Gasteiger partial charge in [-0.3, -0.25) is 9.69 Å². The van der Waals surface area contributed by atoms with E-state index in [-0.39, 0.29) is 5.91 Å². The Labute approximate surface area is 211 Å². The first-order valence-electron chi connectivity index (χ1n) is 12.6. The molecule has 2 aromatic carbocycles. The van der Waals surface area contributed by atoms with E-state index in [0.717, 1.165) is 56.4 Å². The summed E-state index contributed by atoms with van der Waals surface area (Å²) in [5.41, 5.74) is 0.911. The highest BCUT2D eigenvalue weighted by molar-refractivity contribution is 7.13. The maximum Gasteiger partial charge on any atom is 0.244 e. The van der Waals surface area contributed by atoms with E-state index in [1.54, 1.807) is 24.7 Å². The molecule has 1 saturated heterocycles. The van der Waals surface area contributed by atoms with E-state index >= 15 is 0 Å². The van der Waals surface area contributed by atoms with Gasteiger partial charge in [-0.25, -0.2) is 0 Å². The van der Waals surface area contributed by atoms with E-state index in [4.69, 9.17) is 9.11 Å². The fourth-order valence-corrected chi connectivity index (χ4v) is 6.25. The number of fused-ring (bicyclic) bond motifs is 1. The molecule has 2 heterocycles. The molecule has 0 unspecified atom stereocenters. The molecule has 0 radical (unpaired) electrons. The summed E-state index contributed by atoms with van der Waals surface area (Å²) in [7, 11) is 1.65. The Morgan fingerprint density at radius 2 is 1.86 bits per heavy atom. The van der Waals surface area contributed by atoms with Gasteiger partial charge >= 0.3 is 0 Å². The van der Waals surface area contributed by atoms with Crippen LogP contribution in [0.4, 0.5) is 5.82 Å². The number of carbonyl (C=O) groups is 1. The van der Waals surface area contributed by atoms with Gasteiger partial charge in [0.1, 0.15) is 11.6 Å². The van der Waals surface area contributed by atoms with Crippen LogP contribution in [0.2, 0.25) is 0 Å². The largest absolute Gasteiger partial charge is 0.496 e. The average Bonchev–Trinajstić information content (AvgIpc) is 3.53. The lowest BCUT2D eigenvalue weighted by atomic mass is 9.95. The van der Waals surface area contributed by atoms with Crippen molar-refractivity contribution in [3.63, 3.8) is 0 Å². The van der Waals surface area contributed by atoms with Gasteiger partial charge in [0.2, 0.25) is 5.91 Å². The molecule has 1 amide bonds. The molecule has 2 aliphatic rings. The normalized spacial score (nSPS) is 21.1. The Bertz CT molecular complexity index is 1170. The number of carbonyl (C=O) groups excluding carboxylic acids is 1. The molecule has 1 aromatic heterocycles.